The van der Waals surface area contributed by atoms with Crippen LogP contribution in [0.1, 0.15) is 114 Å². The maximum Gasteiger partial charge on any atom is 0.246 e. The van der Waals surface area contributed by atoms with Gasteiger partial charge in [0.05, 0.1) is 37.1 Å². The number of imide groups is 2. The Labute approximate surface area is 283 Å². The first-order chi connectivity index (χ1) is 23.4. The topological polar surface area (TPSA) is 117 Å². The Bertz CT molecular complexity index is 1340. The van der Waals surface area contributed by atoms with Crippen molar-refractivity contribution in [3.8, 4) is 11.5 Å². The maximum absolute atomic E-state index is 13.4. The molecule has 2 aromatic carbocycles. The summed E-state index contributed by atoms with van der Waals surface area (Å²) in [4.78, 5) is 53.5. The van der Waals surface area contributed by atoms with Gasteiger partial charge < -0.3 is 9.47 Å². The van der Waals surface area contributed by atoms with E-state index >= 15 is 0 Å². The Morgan fingerprint density at radius 1 is 0.479 bits per heavy atom. The van der Waals surface area contributed by atoms with Gasteiger partial charge in [-0.1, -0.05) is 102 Å². The Morgan fingerprint density at radius 2 is 0.833 bits per heavy atom. The van der Waals surface area contributed by atoms with Gasteiger partial charge in [-0.05, 0) is 48.2 Å². The van der Waals surface area contributed by atoms with Crippen LogP contribution in [0.25, 0.3) is 0 Å². The predicted octanol–water partition coefficient (Wildman–Crippen LogP) is 5.78. The van der Waals surface area contributed by atoms with Crippen LogP contribution in [0, 0.1) is 11.8 Å². The standard InChI is InChI=1S/C38H50N4O6/c1-3-5-7-9-11-13-23-47-27-19-15-25(16-20-27)31-29-33(37(45)39-35(29)43)42-32(30-34(41(31)42)38(46)40-36(30)44)26-17-21-28(22-18-26)48-24-14-12-10-8-6-4-2/h15-22,29-34H,3-14,23-24H2,1-2H3,(H,39,43,45)(H,40,44,46)/t29-,30+,31-,32-,33-,34-/m1/s1. The van der Waals surface area contributed by atoms with Gasteiger partial charge in [-0.25, -0.2) is 10.0 Å². The monoisotopic (exact) mass is 658 g/mol. The molecule has 6 rings (SSSR count). The predicted molar refractivity (Wildman–Crippen MR) is 181 cm³/mol. The summed E-state index contributed by atoms with van der Waals surface area (Å²) >= 11 is 0. The van der Waals surface area contributed by atoms with Gasteiger partial charge in [-0.3, -0.25) is 29.8 Å². The average Bonchev–Trinajstić information content (AvgIpc) is 3.78. The highest BCUT2D eigenvalue weighted by molar-refractivity contribution is 6.10. The third kappa shape index (κ3) is 6.87. The van der Waals surface area contributed by atoms with Gasteiger partial charge in [0.15, 0.2) is 0 Å². The normalized spacial score (nSPS) is 26.4. The number of unbranched alkanes of at least 4 members (excludes halogenated alkanes) is 10. The van der Waals surface area contributed by atoms with Gasteiger partial charge in [0.2, 0.25) is 23.6 Å². The number of amides is 4. The lowest BCUT2D eigenvalue weighted by molar-refractivity contribution is -0.139. The smallest absolute Gasteiger partial charge is 0.246 e. The summed E-state index contributed by atoms with van der Waals surface area (Å²) in [5, 5.41) is 8.75. The molecule has 0 spiro atoms. The van der Waals surface area contributed by atoms with Crippen molar-refractivity contribution in [3.63, 3.8) is 0 Å². The summed E-state index contributed by atoms with van der Waals surface area (Å²) in [6.07, 6.45) is 14.2. The summed E-state index contributed by atoms with van der Waals surface area (Å²) < 4.78 is 12.0. The second kappa shape index (κ2) is 15.6. The lowest BCUT2D eigenvalue weighted by Gasteiger charge is -2.33. The minimum absolute atomic E-state index is 0.369. The lowest BCUT2D eigenvalue weighted by atomic mass is 9.84. The summed E-state index contributed by atoms with van der Waals surface area (Å²) in [7, 11) is 0. The summed E-state index contributed by atoms with van der Waals surface area (Å²) in [6.45, 7) is 5.68. The third-order valence-corrected chi connectivity index (χ3v) is 10.4. The van der Waals surface area contributed by atoms with E-state index in [9.17, 15) is 19.2 Å². The molecule has 4 fully saturated rings. The second-order valence-corrected chi connectivity index (χ2v) is 13.7. The Morgan fingerprint density at radius 3 is 1.21 bits per heavy atom. The first kappa shape index (κ1) is 34.1. The van der Waals surface area contributed by atoms with Gasteiger partial charge in [0.1, 0.15) is 23.6 Å². The molecule has 6 atom stereocenters. The van der Waals surface area contributed by atoms with Crippen LogP contribution >= 0.6 is 0 Å². The molecule has 2 N–H and O–H groups in total. The quantitative estimate of drug-likeness (QED) is 0.153. The fourth-order valence-corrected chi connectivity index (χ4v) is 8.01. The molecule has 4 aliphatic heterocycles. The van der Waals surface area contributed by atoms with Crippen LogP contribution in [0.3, 0.4) is 0 Å². The highest BCUT2D eigenvalue weighted by Crippen LogP contribution is 2.57. The highest BCUT2D eigenvalue weighted by Gasteiger charge is 2.71. The molecule has 0 bridgehead atoms. The first-order valence-corrected chi connectivity index (χ1v) is 18.2. The SMILES string of the molecule is CCCCCCCCOc1ccc([C@@H]2[C@@H]3C(=O)NC(=O)[C@@H]3N3[C@H](c4ccc(OCCCCCCCC)cc4)[C@H]4C(=O)NC(=O)[C@@H]4N23)cc1. The summed E-state index contributed by atoms with van der Waals surface area (Å²) in [5.41, 5.74) is 1.57. The molecule has 10 nitrogen and oxygen atoms in total. The van der Waals surface area contributed by atoms with E-state index in [1.807, 2.05) is 58.5 Å². The van der Waals surface area contributed by atoms with Gasteiger partial charge in [0, 0.05) is 0 Å². The van der Waals surface area contributed by atoms with Crippen molar-refractivity contribution in [2.24, 2.45) is 11.8 Å². The number of hydrazine groups is 1. The van der Waals surface area contributed by atoms with Crippen molar-refractivity contribution >= 4 is 23.6 Å². The number of benzene rings is 2. The lowest BCUT2D eigenvalue weighted by Crippen LogP contribution is -2.48. The summed E-state index contributed by atoms with van der Waals surface area (Å²) in [6, 6.07) is 12.3. The maximum atomic E-state index is 13.4. The zero-order valence-electron chi connectivity index (χ0n) is 28.3. The van der Waals surface area contributed by atoms with Gasteiger partial charge in [0.25, 0.3) is 0 Å². The molecule has 10 heteroatoms. The van der Waals surface area contributed by atoms with Crippen LogP contribution in [0.2, 0.25) is 0 Å². The first-order valence-electron chi connectivity index (χ1n) is 18.2. The fraction of sp³-hybridized carbons (Fsp3) is 0.579. The number of ether oxygens (including phenoxy) is 2. The zero-order valence-corrected chi connectivity index (χ0v) is 28.3. The second-order valence-electron chi connectivity index (χ2n) is 13.7. The molecule has 258 valence electrons. The van der Waals surface area contributed by atoms with E-state index < -0.39 is 47.8 Å². The molecule has 48 heavy (non-hydrogen) atoms. The van der Waals surface area contributed by atoms with Crippen molar-refractivity contribution in [3.05, 3.63) is 59.7 Å². The number of nitrogens with one attached hydrogen (secondary N) is 2. The van der Waals surface area contributed by atoms with Crippen LogP contribution in [-0.2, 0) is 19.2 Å². The molecule has 0 aliphatic carbocycles. The van der Waals surface area contributed by atoms with Crippen molar-refractivity contribution in [2.75, 3.05) is 13.2 Å². The highest BCUT2D eigenvalue weighted by atomic mass is 16.5. The number of hydrogen-bond acceptors (Lipinski definition) is 8. The van der Waals surface area contributed by atoms with Crippen molar-refractivity contribution in [1.29, 1.82) is 0 Å². The molecule has 4 saturated heterocycles. The largest absolute Gasteiger partial charge is 0.494 e. The van der Waals surface area contributed by atoms with E-state index in [4.69, 9.17) is 9.47 Å². The van der Waals surface area contributed by atoms with Crippen molar-refractivity contribution in [1.82, 2.24) is 20.7 Å². The molecule has 0 radical (unpaired) electrons. The minimum Gasteiger partial charge on any atom is -0.494 e. The number of hydrogen-bond donors (Lipinski definition) is 2. The molecule has 4 aliphatic rings. The van der Waals surface area contributed by atoms with Crippen LogP contribution in [-0.4, -0.2) is 58.9 Å². The fourth-order valence-electron chi connectivity index (χ4n) is 8.01. The number of carbonyl (C=O) groups excluding carboxylic acids is 4. The molecular formula is C38H50N4O6. The average molecular weight is 659 g/mol. The molecule has 4 heterocycles. The number of rotatable bonds is 18. The van der Waals surface area contributed by atoms with E-state index in [2.05, 4.69) is 24.5 Å². The van der Waals surface area contributed by atoms with E-state index in [-0.39, 0.29) is 11.8 Å². The van der Waals surface area contributed by atoms with Crippen LogP contribution < -0.4 is 20.1 Å². The third-order valence-electron chi connectivity index (χ3n) is 10.4. The van der Waals surface area contributed by atoms with Crippen LogP contribution in [0.15, 0.2) is 48.5 Å². The summed E-state index contributed by atoms with van der Waals surface area (Å²) in [5.74, 6) is -1.57. The van der Waals surface area contributed by atoms with E-state index in [0.29, 0.717) is 13.2 Å². The Balaban J connectivity index is 1.20. The Hall–Kier alpha value is -3.76. The van der Waals surface area contributed by atoms with Crippen molar-refractivity contribution in [2.45, 2.75) is 115 Å². The minimum atomic E-state index is -0.842. The molecule has 2 aromatic rings. The van der Waals surface area contributed by atoms with Gasteiger partial charge in [-0.2, -0.15) is 0 Å². The van der Waals surface area contributed by atoms with E-state index in [1.54, 1.807) is 0 Å². The number of nitrogens with zero attached hydrogens (tertiary/aromatic N) is 2. The molecule has 0 aromatic heterocycles. The molecule has 0 unspecified atom stereocenters. The molecule has 0 saturated carbocycles. The number of fused-ring (bicyclic) bond motifs is 5. The van der Waals surface area contributed by atoms with Crippen LogP contribution in [0.5, 0.6) is 11.5 Å². The molecule has 4 amide bonds. The van der Waals surface area contributed by atoms with E-state index in [0.717, 1.165) is 48.3 Å². The van der Waals surface area contributed by atoms with E-state index in [1.165, 1.54) is 51.4 Å². The zero-order chi connectivity index (χ0) is 33.6. The van der Waals surface area contributed by atoms with Crippen molar-refractivity contribution < 1.29 is 28.7 Å². The molecular weight excluding hydrogens is 608 g/mol. The Kier molecular flexibility index (Phi) is 11.1. The number of carbonyl (C=O) groups is 4. The van der Waals surface area contributed by atoms with Gasteiger partial charge in [-0.15, -0.1) is 0 Å². The van der Waals surface area contributed by atoms with Gasteiger partial charge >= 0.3 is 0 Å². The van der Waals surface area contributed by atoms with Crippen LogP contribution in [0.4, 0.5) is 0 Å².